The molecule has 3 aromatic rings. The fraction of sp³-hybridized carbons (Fsp3) is 0.111. The topological polar surface area (TPSA) is 45.8 Å². The van der Waals surface area contributed by atoms with E-state index in [9.17, 15) is 4.79 Å². The molecular weight excluding hydrogens is 260 g/mol. The Kier molecular flexibility index (Phi) is 1.94. The van der Waals surface area contributed by atoms with Crippen LogP contribution in [-0.2, 0) is 0 Å². The van der Waals surface area contributed by atoms with Gasteiger partial charge in [-0.1, -0.05) is 48.5 Å². The molecule has 0 atom stereocenters. The van der Waals surface area contributed by atoms with Crippen molar-refractivity contribution in [2.75, 3.05) is 0 Å². The normalized spacial score (nSPS) is 20.6. The first-order chi connectivity index (χ1) is 10.4. The molecule has 2 aromatic carbocycles. The lowest BCUT2D eigenvalue weighted by atomic mass is 9.62. The first-order valence-corrected chi connectivity index (χ1v) is 7.11. The average Bonchev–Trinajstić information content (AvgIpc) is 2.55. The Bertz CT molecular complexity index is 894. The third-order valence-electron chi connectivity index (χ3n) is 4.76. The standard InChI is InChI=1S/C18H12N2O/c21-18-17-14(9-19-20-18)15-10-5-1-3-7-12(10)16(17)13-8-4-2-6-11(13)15/h1-9,15-16H,(H,20,21). The number of benzene rings is 2. The van der Waals surface area contributed by atoms with Gasteiger partial charge in [0.2, 0.25) is 0 Å². The van der Waals surface area contributed by atoms with Gasteiger partial charge in [-0.15, -0.1) is 0 Å². The smallest absolute Gasteiger partial charge is 0.268 e. The van der Waals surface area contributed by atoms with Crippen LogP contribution < -0.4 is 5.56 Å². The van der Waals surface area contributed by atoms with Gasteiger partial charge < -0.3 is 0 Å². The van der Waals surface area contributed by atoms with E-state index in [1.54, 1.807) is 0 Å². The highest BCUT2D eigenvalue weighted by Crippen LogP contribution is 2.54. The molecule has 1 heterocycles. The Morgan fingerprint density at radius 3 is 1.86 bits per heavy atom. The van der Waals surface area contributed by atoms with Crippen LogP contribution in [0.5, 0.6) is 0 Å². The van der Waals surface area contributed by atoms with E-state index < -0.39 is 0 Å². The molecule has 0 saturated heterocycles. The summed E-state index contributed by atoms with van der Waals surface area (Å²) in [6, 6.07) is 16.9. The summed E-state index contributed by atoms with van der Waals surface area (Å²) in [5.74, 6) is 0.163. The molecule has 1 aromatic heterocycles. The number of hydrogen-bond acceptors (Lipinski definition) is 2. The molecule has 3 heteroatoms. The van der Waals surface area contributed by atoms with Gasteiger partial charge in [0, 0.05) is 17.4 Å². The van der Waals surface area contributed by atoms with Crippen molar-refractivity contribution in [3.05, 3.63) is 98.5 Å². The number of nitrogens with one attached hydrogen (secondary N) is 1. The predicted octanol–water partition coefficient (Wildman–Crippen LogP) is 2.76. The van der Waals surface area contributed by atoms with Crippen LogP contribution in [0.25, 0.3) is 0 Å². The van der Waals surface area contributed by atoms with Crippen molar-refractivity contribution in [3.8, 4) is 0 Å². The Morgan fingerprint density at radius 2 is 1.29 bits per heavy atom. The average molecular weight is 272 g/mol. The highest BCUT2D eigenvalue weighted by atomic mass is 16.1. The quantitative estimate of drug-likeness (QED) is 0.471. The summed E-state index contributed by atoms with van der Waals surface area (Å²) in [5, 5.41) is 6.62. The molecule has 0 saturated carbocycles. The fourth-order valence-electron chi connectivity index (χ4n) is 4.00. The summed E-state index contributed by atoms with van der Waals surface area (Å²) >= 11 is 0. The Balaban J connectivity index is 1.97. The summed E-state index contributed by atoms with van der Waals surface area (Å²) in [5.41, 5.74) is 6.98. The monoisotopic (exact) mass is 272 g/mol. The molecule has 0 radical (unpaired) electrons. The number of aromatic amines is 1. The summed E-state index contributed by atoms with van der Waals surface area (Å²) in [6.07, 6.45) is 1.82. The summed E-state index contributed by atoms with van der Waals surface area (Å²) in [6.45, 7) is 0. The predicted molar refractivity (Wildman–Crippen MR) is 79.6 cm³/mol. The van der Waals surface area contributed by atoms with Crippen LogP contribution in [0.3, 0.4) is 0 Å². The Morgan fingerprint density at radius 1 is 0.762 bits per heavy atom. The van der Waals surface area contributed by atoms with E-state index in [1.807, 2.05) is 6.20 Å². The Hall–Kier alpha value is -2.68. The molecule has 2 bridgehead atoms. The number of rotatable bonds is 0. The van der Waals surface area contributed by atoms with Gasteiger partial charge in [-0.05, 0) is 27.8 Å². The van der Waals surface area contributed by atoms with Crippen molar-refractivity contribution < 1.29 is 0 Å². The molecule has 21 heavy (non-hydrogen) atoms. The number of H-pyrrole nitrogens is 1. The van der Waals surface area contributed by atoms with Gasteiger partial charge in [-0.25, -0.2) is 5.10 Å². The van der Waals surface area contributed by atoms with E-state index in [-0.39, 0.29) is 17.4 Å². The van der Waals surface area contributed by atoms with E-state index in [2.05, 4.69) is 58.7 Å². The lowest BCUT2D eigenvalue weighted by molar-refractivity contribution is 0.722. The fourth-order valence-corrected chi connectivity index (χ4v) is 4.00. The maximum atomic E-state index is 12.4. The van der Waals surface area contributed by atoms with Crippen LogP contribution in [0, 0.1) is 0 Å². The van der Waals surface area contributed by atoms with Gasteiger partial charge in [0.05, 0.1) is 6.20 Å². The first-order valence-electron chi connectivity index (χ1n) is 7.11. The number of nitrogens with zero attached hydrogens (tertiary/aromatic N) is 1. The van der Waals surface area contributed by atoms with Gasteiger partial charge in [-0.2, -0.15) is 5.10 Å². The van der Waals surface area contributed by atoms with Crippen molar-refractivity contribution in [1.29, 1.82) is 0 Å². The molecule has 0 spiro atoms. The van der Waals surface area contributed by atoms with Gasteiger partial charge >= 0.3 is 0 Å². The first kappa shape index (κ1) is 11.0. The maximum absolute atomic E-state index is 12.4. The highest BCUT2D eigenvalue weighted by Gasteiger charge is 2.42. The van der Waals surface area contributed by atoms with Crippen molar-refractivity contribution in [2.45, 2.75) is 11.8 Å². The molecule has 3 nitrogen and oxygen atoms in total. The second kappa shape index (κ2) is 3.70. The lowest BCUT2D eigenvalue weighted by Gasteiger charge is -2.40. The summed E-state index contributed by atoms with van der Waals surface area (Å²) < 4.78 is 0. The zero-order valence-electron chi connectivity index (χ0n) is 11.2. The molecule has 6 rings (SSSR count). The molecule has 0 amide bonds. The van der Waals surface area contributed by atoms with Crippen molar-refractivity contribution in [1.82, 2.24) is 10.2 Å². The number of hydrogen-bond donors (Lipinski definition) is 1. The Labute approximate surface area is 121 Å². The minimum Gasteiger partial charge on any atom is -0.268 e. The minimum absolute atomic E-state index is 0.0316. The zero-order chi connectivity index (χ0) is 14.0. The summed E-state index contributed by atoms with van der Waals surface area (Å²) in [4.78, 5) is 12.4. The van der Waals surface area contributed by atoms with Crippen LogP contribution >= 0.6 is 0 Å². The summed E-state index contributed by atoms with van der Waals surface area (Å²) in [7, 11) is 0. The third-order valence-corrected chi connectivity index (χ3v) is 4.76. The van der Waals surface area contributed by atoms with Crippen LogP contribution in [0.2, 0.25) is 0 Å². The molecule has 0 aliphatic heterocycles. The van der Waals surface area contributed by atoms with Crippen LogP contribution in [0.15, 0.2) is 59.5 Å². The second-order valence-corrected chi connectivity index (χ2v) is 5.69. The van der Waals surface area contributed by atoms with E-state index in [0.717, 1.165) is 11.1 Å². The van der Waals surface area contributed by atoms with E-state index in [1.165, 1.54) is 22.3 Å². The number of aromatic nitrogens is 2. The van der Waals surface area contributed by atoms with Crippen molar-refractivity contribution in [2.24, 2.45) is 0 Å². The van der Waals surface area contributed by atoms with Crippen molar-refractivity contribution >= 4 is 0 Å². The molecule has 0 fully saturated rings. The van der Waals surface area contributed by atoms with Gasteiger partial charge in [0.1, 0.15) is 0 Å². The molecular formula is C18H12N2O. The maximum Gasteiger partial charge on any atom is 0.268 e. The van der Waals surface area contributed by atoms with E-state index in [0.29, 0.717) is 0 Å². The second-order valence-electron chi connectivity index (χ2n) is 5.69. The van der Waals surface area contributed by atoms with Crippen LogP contribution in [0.4, 0.5) is 0 Å². The molecule has 3 aliphatic rings. The SMILES string of the molecule is O=c1[nH]ncc2c1C1c3ccccc3C2c2ccccc21. The van der Waals surface area contributed by atoms with Gasteiger partial charge in [0.15, 0.2) is 0 Å². The molecule has 1 N–H and O–H groups in total. The third kappa shape index (κ3) is 1.24. The van der Waals surface area contributed by atoms with Gasteiger partial charge in [-0.3, -0.25) is 4.79 Å². The van der Waals surface area contributed by atoms with Crippen molar-refractivity contribution in [3.63, 3.8) is 0 Å². The zero-order valence-corrected chi connectivity index (χ0v) is 11.2. The largest absolute Gasteiger partial charge is 0.268 e. The van der Waals surface area contributed by atoms with E-state index in [4.69, 9.17) is 0 Å². The minimum atomic E-state index is -0.0634. The molecule has 3 aliphatic carbocycles. The van der Waals surface area contributed by atoms with Crippen LogP contribution in [0.1, 0.15) is 45.2 Å². The molecule has 0 unspecified atom stereocenters. The van der Waals surface area contributed by atoms with E-state index >= 15 is 0 Å². The van der Waals surface area contributed by atoms with Gasteiger partial charge in [0.25, 0.3) is 5.56 Å². The molecule has 100 valence electrons. The van der Waals surface area contributed by atoms with Crippen LogP contribution in [-0.4, -0.2) is 10.2 Å². The lowest BCUT2D eigenvalue weighted by Crippen LogP contribution is -2.33. The highest BCUT2D eigenvalue weighted by molar-refractivity contribution is 5.66.